The molecule has 12 atom stereocenters. The predicted molar refractivity (Wildman–Crippen MR) is 357 cm³/mol. The Kier molecular flexibility index (Phi) is 30.4. The first kappa shape index (κ1) is 79.2. The average Bonchev–Trinajstić information content (AvgIpc) is 1.81. The van der Waals surface area contributed by atoms with Gasteiger partial charge >= 0.3 is 0 Å². The van der Waals surface area contributed by atoms with Gasteiger partial charge < -0.3 is 93.9 Å². The number of amides is 13. The highest BCUT2D eigenvalue weighted by atomic mass is 16.3. The SMILES string of the molecule is CC(=O)N[C@@H](Cc1cnc[nH]1)C(=O)N[C@@H](CO)C(=O)N[C@@H](CCCC[NH3+])C(=O)N[C@@H](Cc1ccc(O)cc1)C(=O)N1CCC[C@H]1C(=O)N[C@@H](CC(C)C)C(=O)N1CCC[C@H]1C(=O)N1CCC[C@H]1C(=O)N[C@@H](CC(C)C)C(=O)N1CCC[C@H]1C(=O)N[C@@H](CO)C(=O)N[C@@H](CC(C)C)C(N)=O. The van der Waals surface area contributed by atoms with Gasteiger partial charge in [-0.3, -0.25) is 62.3 Å². The smallest absolute Gasteiger partial charge is 0.246 e. The van der Waals surface area contributed by atoms with Crippen LogP contribution in [0.15, 0.2) is 36.8 Å². The molecule has 4 fully saturated rings. The Morgan fingerprint density at radius 1 is 0.515 bits per heavy atom. The number of aliphatic hydroxyl groups excluding tert-OH is 2. The number of rotatable bonds is 36. The van der Waals surface area contributed by atoms with Crippen LogP contribution in [0, 0.1) is 17.8 Å². The highest BCUT2D eigenvalue weighted by molar-refractivity contribution is 6.00. The number of phenolic OH excluding ortho intramolecular Hbond substituents is 1. The van der Waals surface area contributed by atoms with Crippen molar-refractivity contribution in [2.45, 2.75) is 224 Å². The molecule has 13 amide bonds. The zero-order chi connectivity index (χ0) is 72.8. The number of likely N-dealkylation sites (tertiary alicyclic amines) is 4. The molecule has 2 aromatic rings. The van der Waals surface area contributed by atoms with Crippen LogP contribution in [0.5, 0.6) is 5.75 Å². The number of nitrogens with two attached hydrogens (primary N) is 1. The van der Waals surface area contributed by atoms with E-state index in [0.29, 0.717) is 56.3 Å². The second-order valence-corrected chi connectivity index (χ2v) is 27.6. The van der Waals surface area contributed by atoms with Crippen LogP contribution in [0.4, 0.5) is 0 Å². The van der Waals surface area contributed by atoms with Crippen LogP contribution in [0.1, 0.15) is 150 Å². The van der Waals surface area contributed by atoms with Crippen molar-refractivity contribution in [2.75, 3.05) is 45.9 Å². The monoisotopic (exact) mass is 1390 g/mol. The van der Waals surface area contributed by atoms with Gasteiger partial charge in [0.1, 0.15) is 78.3 Å². The maximum atomic E-state index is 15.0. The van der Waals surface area contributed by atoms with E-state index in [9.17, 15) is 72.9 Å². The summed E-state index contributed by atoms with van der Waals surface area (Å²) in [5.74, 6) is -9.34. The quantitative estimate of drug-likeness (QED) is 0.0299. The van der Waals surface area contributed by atoms with Crippen LogP contribution < -0.4 is 54.0 Å². The number of imidazole rings is 1. The fourth-order valence-electron chi connectivity index (χ4n) is 13.3. The number of unbranched alkanes of at least 4 members (excludes halogenated alkanes) is 1. The molecule has 0 bridgehead atoms. The number of hydrogen-bond acceptors (Lipinski definition) is 17. The lowest BCUT2D eigenvalue weighted by Crippen LogP contribution is -2.61. The van der Waals surface area contributed by atoms with Gasteiger partial charge in [0, 0.05) is 57.8 Å². The summed E-state index contributed by atoms with van der Waals surface area (Å²) >= 11 is 0. The van der Waals surface area contributed by atoms with E-state index in [1.807, 2.05) is 41.5 Å². The summed E-state index contributed by atoms with van der Waals surface area (Å²) in [6.07, 6.45) is 6.67. The lowest BCUT2D eigenvalue weighted by atomic mass is 10.0. The third-order valence-electron chi connectivity index (χ3n) is 18.3. The summed E-state index contributed by atoms with van der Waals surface area (Å²) in [6.45, 7) is 11.6. The van der Waals surface area contributed by atoms with E-state index in [1.165, 1.54) is 51.2 Å². The molecule has 4 saturated heterocycles. The number of nitrogens with zero attached hydrogens (tertiary/aromatic N) is 5. The minimum Gasteiger partial charge on any atom is -0.508 e. The van der Waals surface area contributed by atoms with Crippen molar-refractivity contribution in [1.82, 2.24) is 72.1 Å². The number of aromatic hydroxyl groups is 1. The molecule has 1 aromatic heterocycles. The number of aliphatic hydroxyl groups is 2. The molecule has 1 aromatic carbocycles. The van der Waals surface area contributed by atoms with Crippen LogP contribution in [-0.4, -0.2) is 240 Å². The number of aromatic nitrogens is 2. The maximum absolute atomic E-state index is 15.0. The molecule has 17 N–H and O–H groups in total. The number of H-pyrrole nitrogens is 1. The van der Waals surface area contributed by atoms with Gasteiger partial charge in [0.15, 0.2) is 0 Å². The van der Waals surface area contributed by atoms with Gasteiger partial charge in [-0.15, -0.1) is 0 Å². The third-order valence-corrected chi connectivity index (χ3v) is 18.3. The number of benzene rings is 1. The minimum absolute atomic E-state index is 0.0171. The molecule has 32 heteroatoms. The summed E-state index contributed by atoms with van der Waals surface area (Å²) < 4.78 is 0. The molecular weight excluding hydrogens is 1280 g/mol. The van der Waals surface area contributed by atoms with Crippen molar-refractivity contribution >= 4 is 76.8 Å². The van der Waals surface area contributed by atoms with E-state index >= 15 is 4.79 Å². The van der Waals surface area contributed by atoms with Crippen molar-refractivity contribution in [3.63, 3.8) is 0 Å². The lowest BCUT2D eigenvalue weighted by Gasteiger charge is -2.35. The van der Waals surface area contributed by atoms with Crippen LogP contribution in [0.25, 0.3) is 0 Å². The van der Waals surface area contributed by atoms with Gasteiger partial charge in [0.25, 0.3) is 0 Å². The molecule has 32 nitrogen and oxygen atoms in total. The first-order valence-corrected chi connectivity index (χ1v) is 34.7. The zero-order valence-electron chi connectivity index (χ0n) is 58.1. The van der Waals surface area contributed by atoms with Crippen molar-refractivity contribution in [2.24, 2.45) is 23.5 Å². The van der Waals surface area contributed by atoms with Crippen LogP contribution >= 0.6 is 0 Å². The molecule has 0 radical (unpaired) electrons. The van der Waals surface area contributed by atoms with Gasteiger partial charge in [0.05, 0.1) is 26.1 Å². The molecule has 0 spiro atoms. The average molecular weight is 1390 g/mol. The van der Waals surface area contributed by atoms with Gasteiger partial charge in [-0.05, 0) is 125 Å². The molecule has 4 aliphatic heterocycles. The van der Waals surface area contributed by atoms with Crippen LogP contribution in [0.3, 0.4) is 0 Å². The molecular formula is C67H105N16O16+. The molecule has 0 aliphatic carbocycles. The van der Waals surface area contributed by atoms with Gasteiger partial charge in [0.2, 0.25) is 76.8 Å². The summed E-state index contributed by atoms with van der Waals surface area (Å²) in [5, 5.41) is 51.9. The normalized spacial score (nSPS) is 20.1. The van der Waals surface area contributed by atoms with E-state index in [-0.39, 0.29) is 114 Å². The molecule has 99 heavy (non-hydrogen) atoms. The second kappa shape index (κ2) is 38.0. The highest BCUT2D eigenvalue weighted by Gasteiger charge is 2.47. The van der Waals surface area contributed by atoms with E-state index in [0.717, 1.165) is 0 Å². The highest BCUT2D eigenvalue weighted by Crippen LogP contribution is 2.29. The number of carbonyl (C=O) groups excluding carboxylic acids is 13. The third kappa shape index (κ3) is 22.6. The van der Waals surface area contributed by atoms with Crippen LogP contribution in [-0.2, 0) is 75.2 Å². The van der Waals surface area contributed by atoms with Crippen molar-refractivity contribution in [1.29, 1.82) is 0 Å². The summed E-state index contributed by atoms with van der Waals surface area (Å²) in [6, 6.07) is -8.64. The number of primary amides is 1. The van der Waals surface area contributed by atoms with Crippen LogP contribution in [0.2, 0.25) is 0 Å². The van der Waals surface area contributed by atoms with Gasteiger partial charge in [-0.1, -0.05) is 53.7 Å². The van der Waals surface area contributed by atoms with Crippen molar-refractivity contribution in [3.8, 4) is 5.75 Å². The topological polar surface area (TPSA) is 474 Å². The zero-order valence-corrected chi connectivity index (χ0v) is 58.1. The Hall–Kier alpha value is -8.78. The lowest BCUT2D eigenvalue weighted by molar-refractivity contribution is -0.368. The summed E-state index contributed by atoms with van der Waals surface area (Å²) in [4.78, 5) is 194. The molecule has 548 valence electrons. The van der Waals surface area contributed by atoms with Gasteiger partial charge in [-0.25, -0.2) is 4.98 Å². The number of hydrogen-bond donors (Lipinski definition) is 14. The predicted octanol–water partition coefficient (Wildman–Crippen LogP) is -3.22. The largest absolute Gasteiger partial charge is 0.508 e. The number of quaternary nitrogens is 1. The number of nitrogens with one attached hydrogen (secondary N) is 9. The van der Waals surface area contributed by atoms with E-state index in [2.05, 4.69) is 58.2 Å². The van der Waals surface area contributed by atoms with E-state index < -0.39 is 163 Å². The Labute approximate surface area is 577 Å². The van der Waals surface area contributed by atoms with E-state index in [4.69, 9.17) is 5.73 Å². The maximum Gasteiger partial charge on any atom is 0.246 e. The number of phenols is 1. The molecule has 4 aliphatic rings. The van der Waals surface area contributed by atoms with E-state index in [1.54, 1.807) is 12.1 Å². The first-order chi connectivity index (χ1) is 47.0. The Balaban J connectivity index is 1.14. The second-order valence-electron chi connectivity index (χ2n) is 27.6. The molecule has 6 rings (SSSR count). The van der Waals surface area contributed by atoms with Gasteiger partial charge in [-0.2, -0.15) is 0 Å². The Morgan fingerprint density at radius 2 is 0.919 bits per heavy atom. The number of carbonyl (C=O) groups is 13. The Bertz CT molecular complexity index is 3130. The fraction of sp³-hybridized carbons (Fsp3) is 0.672. The van der Waals surface area contributed by atoms with Crippen molar-refractivity contribution in [3.05, 3.63) is 48.0 Å². The molecule has 0 saturated carbocycles. The molecule has 0 unspecified atom stereocenters. The minimum atomic E-state index is -1.59. The standard InChI is InChI=1S/C67H104N16O16/c1-37(2)28-45(56(69)88)74-60(92)51(35-85)79-63(95)53-16-11-24-80(53)64(96)47(29-38(3)4)76-62(94)54-17-12-26-82(54)67(99)55-18-13-27-83(55)65(97)48(30-39(5)6)77-61(93)52-15-10-25-81(52)66(98)49(31-41-19-21-43(87)22-20-41)75-57(89)44(14-8-9-23-68)73-59(91)50(34-84)78-58(90)46(72-40(7)86)32-42-33-70-36-71-42/h19-22,33,36-39,44-55,84-85,87H,8-18,23-32,34-35,68H2,1-7H3,(H2,69,88)(H,70,71)(H,72,86)(H,73,91)(H,74,92)(H,75,89)(H,76,94)(H,77,93)(H,78,90)(H,79,95)/p+1/t44-,45-,46-,47-,48-,49-,50-,51-,52-,53-,54-,55-/m0/s1. The summed E-state index contributed by atoms with van der Waals surface area (Å²) in [5.41, 5.74) is 10.4. The summed E-state index contributed by atoms with van der Waals surface area (Å²) in [7, 11) is 0. The number of aromatic amines is 1. The Morgan fingerprint density at radius 3 is 1.38 bits per heavy atom. The first-order valence-electron chi connectivity index (χ1n) is 34.7. The molecule has 5 heterocycles. The fourth-order valence-corrected chi connectivity index (χ4v) is 13.3. The van der Waals surface area contributed by atoms with Crippen molar-refractivity contribution < 1.29 is 83.4 Å².